The minimum Gasteiger partial charge on any atom is -0.456 e. The monoisotopic (exact) mass is 810 g/mol. The zero-order chi connectivity index (χ0) is 40.5. The first kappa shape index (κ1) is 33.7. The molecule has 9 aromatic carbocycles. The zero-order valence-corrected chi connectivity index (χ0v) is 33.7. The lowest BCUT2D eigenvalue weighted by atomic mass is 10.1. The van der Waals surface area contributed by atoms with Crippen LogP contribution in [0.4, 0.5) is 0 Å². The topological polar surface area (TPSA) is 69.9 Å². The van der Waals surface area contributed by atoms with Crippen molar-refractivity contribution in [3.05, 3.63) is 182 Å². The Morgan fingerprint density at radius 3 is 1.74 bits per heavy atom. The van der Waals surface area contributed by atoms with Gasteiger partial charge in [-0.05, 0) is 77.5 Å². The van der Waals surface area contributed by atoms with Crippen molar-refractivity contribution >= 4 is 108 Å². The molecule has 0 radical (unpaired) electrons. The van der Waals surface area contributed by atoms with Crippen LogP contribution in [0.3, 0.4) is 0 Å². The molecule has 0 bridgehead atoms. The van der Waals surface area contributed by atoms with Gasteiger partial charge in [-0.25, -0.2) is 15.0 Å². The molecule has 6 nitrogen and oxygen atoms in total. The second-order valence-corrected chi connectivity index (χ2v) is 17.0. The van der Waals surface area contributed by atoms with Gasteiger partial charge in [0.05, 0.1) is 16.7 Å². The molecule has 5 heterocycles. The number of nitrogens with zero attached hydrogens (tertiary/aromatic N) is 4. The SMILES string of the molecule is c1ccc2cc3c(cc2c1)c1ccccc1n3-c1cc(-c2nc(-c3ccc4c(c3)oc3ccccc34)nc(-c3ccc4c(c3)sc3ccccc34)n2)cc2c1oc1ccccc12. The van der Waals surface area contributed by atoms with Crippen LogP contribution in [-0.2, 0) is 0 Å². The molecule has 0 aliphatic heterocycles. The molecule has 0 saturated carbocycles. The minimum absolute atomic E-state index is 0.561. The Morgan fingerprint density at radius 2 is 0.935 bits per heavy atom. The average molecular weight is 811 g/mol. The third-order valence-electron chi connectivity index (χ3n) is 12.4. The van der Waals surface area contributed by atoms with Crippen molar-refractivity contribution in [2.24, 2.45) is 0 Å². The number of furan rings is 2. The highest BCUT2D eigenvalue weighted by atomic mass is 32.1. The number of fused-ring (bicyclic) bond motifs is 13. The lowest BCUT2D eigenvalue weighted by Gasteiger charge is -2.13. The summed E-state index contributed by atoms with van der Waals surface area (Å²) < 4.78 is 18.0. The van der Waals surface area contributed by atoms with Gasteiger partial charge >= 0.3 is 0 Å². The highest BCUT2D eigenvalue weighted by Gasteiger charge is 2.22. The normalized spacial score (nSPS) is 12.2. The van der Waals surface area contributed by atoms with Gasteiger partial charge in [0.1, 0.15) is 16.7 Å². The summed E-state index contributed by atoms with van der Waals surface area (Å²) in [5, 5.41) is 11.3. The van der Waals surface area contributed by atoms with E-state index in [0.717, 1.165) is 77.3 Å². The van der Waals surface area contributed by atoms with E-state index in [9.17, 15) is 0 Å². The lowest BCUT2D eigenvalue weighted by molar-refractivity contribution is 0.666. The van der Waals surface area contributed by atoms with Crippen molar-refractivity contribution < 1.29 is 8.83 Å². The van der Waals surface area contributed by atoms with E-state index in [1.165, 1.54) is 41.7 Å². The number of para-hydroxylation sites is 3. The van der Waals surface area contributed by atoms with Gasteiger partial charge in [-0.15, -0.1) is 11.3 Å². The smallest absolute Gasteiger partial charge is 0.164 e. The molecule has 14 rings (SSSR count). The molecule has 0 atom stereocenters. The fourth-order valence-corrected chi connectivity index (χ4v) is 10.7. The molecule has 62 heavy (non-hydrogen) atoms. The molecule has 0 unspecified atom stereocenters. The highest BCUT2D eigenvalue weighted by molar-refractivity contribution is 7.25. The Balaban J connectivity index is 1.05. The van der Waals surface area contributed by atoms with E-state index in [1.54, 1.807) is 11.3 Å². The van der Waals surface area contributed by atoms with Crippen molar-refractivity contribution in [2.75, 3.05) is 0 Å². The van der Waals surface area contributed by atoms with E-state index in [1.807, 2.05) is 36.4 Å². The summed E-state index contributed by atoms with van der Waals surface area (Å²) in [5.74, 6) is 1.72. The number of hydrogen-bond acceptors (Lipinski definition) is 6. The fourth-order valence-electron chi connectivity index (χ4n) is 9.51. The molecule has 0 aliphatic rings. The van der Waals surface area contributed by atoms with Gasteiger partial charge in [0, 0.05) is 69.2 Å². The molecule has 7 heteroatoms. The Morgan fingerprint density at radius 1 is 0.355 bits per heavy atom. The predicted molar refractivity (Wildman–Crippen MR) is 255 cm³/mol. The maximum Gasteiger partial charge on any atom is 0.164 e. The Kier molecular flexibility index (Phi) is 6.89. The van der Waals surface area contributed by atoms with Crippen LogP contribution in [0.5, 0.6) is 0 Å². The highest BCUT2D eigenvalue weighted by Crippen LogP contribution is 2.42. The predicted octanol–water partition coefficient (Wildman–Crippen LogP) is 15.3. The molecule has 14 aromatic rings. The molecular formula is C55H30N4O2S. The standard InChI is InChI=1S/C55H30N4O2S/c1-2-12-32-27-45-42(25-31(32)11-1)36-13-3-7-17-44(36)59(45)46-28-35(26-43-38-15-5-9-19-48(38)61-52(43)46)55-57-53(33-21-23-39-37-14-4-8-18-47(37)60-49(39)29-33)56-54(58-55)34-22-24-41-40-16-6-10-20-50(40)62-51(41)30-34/h1-30H. The van der Waals surface area contributed by atoms with E-state index in [0.29, 0.717) is 17.5 Å². The first-order valence-corrected chi connectivity index (χ1v) is 21.5. The molecule has 0 saturated heterocycles. The zero-order valence-electron chi connectivity index (χ0n) is 32.8. The van der Waals surface area contributed by atoms with Crippen LogP contribution in [0.15, 0.2) is 191 Å². The van der Waals surface area contributed by atoms with E-state index in [4.69, 9.17) is 23.8 Å². The average Bonchev–Trinajstić information content (AvgIpc) is 4.09. The van der Waals surface area contributed by atoms with E-state index in [-0.39, 0.29) is 0 Å². The number of hydrogen-bond donors (Lipinski definition) is 0. The summed E-state index contributed by atoms with van der Waals surface area (Å²) in [5.41, 5.74) is 8.95. The van der Waals surface area contributed by atoms with Crippen LogP contribution in [0.2, 0.25) is 0 Å². The molecule has 0 N–H and O–H groups in total. The van der Waals surface area contributed by atoms with Gasteiger partial charge in [-0.1, -0.05) is 115 Å². The second kappa shape index (κ2) is 12.7. The number of benzene rings is 9. The summed E-state index contributed by atoms with van der Waals surface area (Å²) >= 11 is 1.78. The summed E-state index contributed by atoms with van der Waals surface area (Å²) in [4.78, 5) is 15.9. The Bertz CT molecular complexity index is 4060. The minimum atomic E-state index is 0.561. The van der Waals surface area contributed by atoms with Crippen LogP contribution in [0.1, 0.15) is 0 Å². The Hall–Kier alpha value is -8.13. The van der Waals surface area contributed by atoms with Crippen LogP contribution in [0, 0.1) is 0 Å². The maximum absolute atomic E-state index is 6.82. The molecule has 288 valence electrons. The Labute approximate surface area is 356 Å². The molecule has 0 amide bonds. The number of rotatable bonds is 4. The third-order valence-corrected chi connectivity index (χ3v) is 13.5. The summed E-state index contributed by atoms with van der Waals surface area (Å²) in [6.45, 7) is 0. The second-order valence-electron chi connectivity index (χ2n) is 16.0. The van der Waals surface area contributed by atoms with Crippen LogP contribution in [0.25, 0.3) is 136 Å². The van der Waals surface area contributed by atoms with Crippen LogP contribution >= 0.6 is 11.3 Å². The molecule has 0 aliphatic carbocycles. The fraction of sp³-hybridized carbons (Fsp3) is 0. The van der Waals surface area contributed by atoms with E-state index < -0.39 is 0 Å². The summed E-state index contributed by atoms with van der Waals surface area (Å²) in [7, 11) is 0. The first-order chi connectivity index (χ1) is 30.7. The van der Waals surface area contributed by atoms with Crippen LogP contribution < -0.4 is 0 Å². The molecule has 5 aromatic heterocycles. The van der Waals surface area contributed by atoms with E-state index >= 15 is 0 Å². The first-order valence-electron chi connectivity index (χ1n) is 20.7. The van der Waals surface area contributed by atoms with Crippen molar-refractivity contribution in [1.82, 2.24) is 19.5 Å². The van der Waals surface area contributed by atoms with Crippen molar-refractivity contribution in [2.45, 2.75) is 0 Å². The summed E-state index contributed by atoms with van der Waals surface area (Å²) in [6, 6.07) is 63.9. The van der Waals surface area contributed by atoms with Gasteiger partial charge in [-0.2, -0.15) is 0 Å². The van der Waals surface area contributed by atoms with Crippen molar-refractivity contribution in [3.8, 4) is 39.9 Å². The largest absolute Gasteiger partial charge is 0.456 e. The molecule has 0 fully saturated rings. The van der Waals surface area contributed by atoms with E-state index in [2.05, 4.69) is 150 Å². The van der Waals surface area contributed by atoms with Crippen molar-refractivity contribution in [1.29, 1.82) is 0 Å². The van der Waals surface area contributed by atoms with Gasteiger partial charge in [0.25, 0.3) is 0 Å². The lowest BCUT2D eigenvalue weighted by Crippen LogP contribution is -2.01. The molecular weight excluding hydrogens is 781 g/mol. The van der Waals surface area contributed by atoms with Gasteiger partial charge in [0.15, 0.2) is 23.1 Å². The van der Waals surface area contributed by atoms with Gasteiger partial charge < -0.3 is 13.4 Å². The van der Waals surface area contributed by atoms with Gasteiger partial charge in [-0.3, -0.25) is 0 Å². The quantitative estimate of drug-likeness (QED) is 0.177. The maximum atomic E-state index is 6.82. The number of thiophene rings is 1. The van der Waals surface area contributed by atoms with Crippen LogP contribution in [-0.4, -0.2) is 19.5 Å². The number of aromatic nitrogens is 4. The third kappa shape index (κ3) is 4.94. The van der Waals surface area contributed by atoms with Crippen molar-refractivity contribution in [3.63, 3.8) is 0 Å². The summed E-state index contributed by atoms with van der Waals surface area (Å²) in [6.07, 6.45) is 0. The molecule has 0 spiro atoms. The van der Waals surface area contributed by atoms with Gasteiger partial charge in [0.2, 0.25) is 0 Å².